The summed E-state index contributed by atoms with van der Waals surface area (Å²) in [5, 5.41) is 9.15. The van der Waals surface area contributed by atoms with E-state index in [2.05, 4.69) is 0 Å². The Morgan fingerprint density at radius 3 is 2.59 bits per heavy atom. The molecular formula is C15H15F2NO4. The normalized spacial score (nSPS) is 28.6. The van der Waals surface area contributed by atoms with Crippen molar-refractivity contribution in [2.45, 2.75) is 37.5 Å². The number of fused-ring (bicyclic) bond motifs is 1. The van der Waals surface area contributed by atoms with Crippen molar-refractivity contribution in [2.75, 3.05) is 0 Å². The number of hydrogen-bond donors (Lipinski definition) is 1. The molecule has 0 unspecified atom stereocenters. The van der Waals surface area contributed by atoms with E-state index in [9.17, 15) is 18.4 Å². The third-order valence-corrected chi connectivity index (χ3v) is 4.25. The van der Waals surface area contributed by atoms with Gasteiger partial charge in [-0.05, 0) is 18.4 Å². The lowest BCUT2D eigenvalue weighted by atomic mass is 10.0. The third kappa shape index (κ3) is 2.40. The number of alkyl halides is 2. The second kappa shape index (κ2) is 5.23. The van der Waals surface area contributed by atoms with Crippen LogP contribution in [0.3, 0.4) is 0 Å². The van der Waals surface area contributed by atoms with Gasteiger partial charge in [-0.15, -0.1) is 0 Å². The molecule has 2 fully saturated rings. The molecule has 0 aromatic heterocycles. The summed E-state index contributed by atoms with van der Waals surface area (Å²) < 4.78 is 32.4. The Morgan fingerprint density at radius 2 is 1.95 bits per heavy atom. The number of carboxylic acid groups (broad SMARTS) is 1. The summed E-state index contributed by atoms with van der Waals surface area (Å²) in [7, 11) is 0. The number of carbonyl (C=O) groups is 2. The molecule has 3 rings (SSSR count). The van der Waals surface area contributed by atoms with Gasteiger partial charge in [-0.3, -0.25) is 4.90 Å². The number of carboxylic acids is 1. The zero-order chi connectivity index (χ0) is 15.9. The van der Waals surface area contributed by atoms with Gasteiger partial charge in [0.25, 0.3) is 5.92 Å². The number of likely N-dealkylation sites (tertiary alicyclic amines) is 1. The highest BCUT2D eigenvalue weighted by Gasteiger charge is 2.74. The Balaban J connectivity index is 1.72. The number of aliphatic carboxylic acids is 1. The average molecular weight is 311 g/mol. The number of benzene rings is 1. The first-order valence-electron chi connectivity index (χ1n) is 7.02. The van der Waals surface area contributed by atoms with E-state index in [-0.39, 0.29) is 19.4 Å². The predicted octanol–water partition coefficient (Wildman–Crippen LogP) is 2.51. The number of nitrogens with zero attached hydrogens (tertiary/aromatic N) is 1. The Morgan fingerprint density at radius 1 is 1.27 bits per heavy atom. The molecule has 1 aromatic rings. The zero-order valence-electron chi connectivity index (χ0n) is 11.6. The lowest BCUT2D eigenvalue weighted by Gasteiger charge is -2.30. The fourth-order valence-electron chi connectivity index (χ4n) is 3.05. The molecule has 1 amide bonds. The first-order chi connectivity index (χ1) is 10.4. The number of rotatable bonds is 3. The molecule has 7 heteroatoms. The standard InChI is InChI=1S/C15H15F2NO4/c16-15(17)10-6-7-11(13(19)20)18(12(10)15)14(21)22-8-9-4-2-1-3-5-9/h1-5,10-12H,6-8H2,(H,19,20)/t10-,11-,12+/m1/s1. The van der Waals surface area contributed by atoms with E-state index >= 15 is 0 Å². The highest BCUT2D eigenvalue weighted by Crippen LogP contribution is 2.58. The van der Waals surface area contributed by atoms with Gasteiger partial charge in [0.1, 0.15) is 18.7 Å². The molecule has 1 saturated carbocycles. The Hall–Kier alpha value is -2.18. The van der Waals surface area contributed by atoms with Gasteiger partial charge in [-0.2, -0.15) is 0 Å². The lowest BCUT2D eigenvalue weighted by Crippen LogP contribution is -2.50. The summed E-state index contributed by atoms with van der Waals surface area (Å²) in [5.41, 5.74) is 0.707. The van der Waals surface area contributed by atoms with E-state index in [4.69, 9.17) is 9.84 Å². The van der Waals surface area contributed by atoms with Crippen molar-refractivity contribution < 1.29 is 28.2 Å². The highest BCUT2D eigenvalue weighted by atomic mass is 19.3. The summed E-state index contributed by atoms with van der Waals surface area (Å²) >= 11 is 0. The minimum atomic E-state index is -3.02. The maximum atomic E-state index is 13.7. The summed E-state index contributed by atoms with van der Waals surface area (Å²) in [6.45, 7) is -0.0779. The largest absolute Gasteiger partial charge is 0.480 e. The van der Waals surface area contributed by atoms with Gasteiger partial charge in [0.15, 0.2) is 0 Å². The first-order valence-corrected chi connectivity index (χ1v) is 7.02. The van der Waals surface area contributed by atoms with Crippen molar-refractivity contribution in [3.05, 3.63) is 35.9 Å². The lowest BCUT2D eigenvalue weighted by molar-refractivity contribution is -0.144. The van der Waals surface area contributed by atoms with E-state index in [0.29, 0.717) is 10.5 Å². The third-order valence-electron chi connectivity index (χ3n) is 4.25. The van der Waals surface area contributed by atoms with Crippen molar-refractivity contribution in [2.24, 2.45) is 5.92 Å². The van der Waals surface area contributed by atoms with Crippen LogP contribution < -0.4 is 0 Å². The van der Waals surface area contributed by atoms with Gasteiger partial charge in [0.2, 0.25) is 0 Å². The number of carbonyl (C=O) groups excluding carboxylic acids is 1. The molecule has 2 aliphatic rings. The van der Waals surface area contributed by atoms with Gasteiger partial charge in [-0.1, -0.05) is 30.3 Å². The van der Waals surface area contributed by atoms with E-state index in [1.54, 1.807) is 30.3 Å². The summed E-state index contributed by atoms with van der Waals surface area (Å²) in [4.78, 5) is 24.1. The van der Waals surface area contributed by atoms with Gasteiger partial charge >= 0.3 is 12.1 Å². The minimum absolute atomic E-state index is 0.0204. The van der Waals surface area contributed by atoms with Crippen LogP contribution in [0, 0.1) is 5.92 Å². The molecule has 0 radical (unpaired) electrons. The molecular weight excluding hydrogens is 296 g/mol. The van der Waals surface area contributed by atoms with Gasteiger partial charge < -0.3 is 9.84 Å². The summed E-state index contributed by atoms with van der Waals surface area (Å²) in [6.07, 6.45) is -0.869. The van der Waals surface area contributed by atoms with E-state index < -0.39 is 36.0 Å². The maximum absolute atomic E-state index is 13.7. The second-order valence-corrected chi connectivity index (χ2v) is 5.60. The van der Waals surface area contributed by atoms with Crippen molar-refractivity contribution in [3.63, 3.8) is 0 Å². The topological polar surface area (TPSA) is 66.8 Å². The SMILES string of the molecule is O=C(O)[C@H]1CC[C@@H]2[C@H](N1C(=O)OCc1ccccc1)C2(F)F. The van der Waals surface area contributed by atoms with Crippen molar-refractivity contribution >= 4 is 12.1 Å². The van der Waals surface area contributed by atoms with Crippen LogP contribution in [0.15, 0.2) is 30.3 Å². The van der Waals surface area contributed by atoms with Gasteiger partial charge in [0.05, 0.1) is 5.92 Å². The van der Waals surface area contributed by atoms with Crippen molar-refractivity contribution in [1.29, 1.82) is 0 Å². The molecule has 1 aromatic carbocycles. The minimum Gasteiger partial charge on any atom is -0.480 e. The molecule has 1 N–H and O–H groups in total. The molecule has 0 spiro atoms. The number of amides is 1. The number of hydrogen-bond acceptors (Lipinski definition) is 3. The monoisotopic (exact) mass is 311 g/mol. The van der Waals surface area contributed by atoms with Crippen LogP contribution in [0.4, 0.5) is 13.6 Å². The fraction of sp³-hybridized carbons (Fsp3) is 0.467. The molecule has 1 saturated heterocycles. The molecule has 118 valence electrons. The Kier molecular flexibility index (Phi) is 3.50. The molecule has 22 heavy (non-hydrogen) atoms. The average Bonchev–Trinajstić information content (AvgIpc) is 3.07. The summed E-state index contributed by atoms with van der Waals surface area (Å²) in [5.74, 6) is -5.25. The molecule has 1 aliphatic carbocycles. The van der Waals surface area contributed by atoms with Crippen LogP contribution in [-0.2, 0) is 16.1 Å². The molecule has 1 heterocycles. The van der Waals surface area contributed by atoms with Gasteiger partial charge in [0, 0.05) is 0 Å². The van der Waals surface area contributed by atoms with Crippen LogP contribution >= 0.6 is 0 Å². The van der Waals surface area contributed by atoms with Crippen LogP contribution in [0.1, 0.15) is 18.4 Å². The Labute approximate surface area is 125 Å². The molecule has 0 bridgehead atoms. The number of piperidine rings is 1. The van der Waals surface area contributed by atoms with Crippen LogP contribution in [0.2, 0.25) is 0 Å². The number of halogens is 2. The Bertz CT molecular complexity index is 592. The second-order valence-electron chi connectivity index (χ2n) is 5.60. The number of ether oxygens (including phenoxy) is 1. The van der Waals surface area contributed by atoms with Crippen molar-refractivity contribution in [3.8, 4) is 0 Å². The predicted molar refractivity (Wildman–Crippen MR) is 71.3 cm³/mol. The van der Waals surface area contributed by atoms with Crippen LogP contribution in [-0.4, -0.2) is 40.1 Å². The van der Waals surface area contributed by atoms with E-state index in [1.165, 1.54) is 0 Å². The quantitative estimate of drug-likeness (QED) is 0.931. The van der Waals surface area contributed by atoms with E-state index in [0.717, 1.165) is 0 Å². The van der Waals surface area contributed by atoms with Gasteiger partial charge in [-0.25, -0.2) is 18.4 Å². The molecule has 5 nitrogen and oxygen atoms in total. The smallest absolute Gasteiger partial charge is 0.411 e. The highest BCUT2D eigenvalue weighted by molar-refractivity contribution is 5.81. The van der Waals surface area contributed by atoms with E-state index in [1.807, 2.05) is 0 Å². The van der Waals surface area contributed by atoms with Crippen molar-refractivity contribution in [1.82, 2.24) is 4.90 Å². The molecule has 3 atom stereocenters. The first kappa shape index (κ1) is 14.7. The maximum Gasteiger partial charge on any atom is 0.411 e. The summed E-state index contributed by atoms with van der Waals surface area (Å²) in [6, 6.07) is 6.17. The fourth-order valence-corrected chi connectivity index (χ4v) is 3.05. The van der Waals surface area contributed by atoms with Crippen LogP contribution in [0.25, 0.3) is 0 Å². The zero-order valence-corrected chi connectivity index (χ0v) is 11.6. The van der Waals surface area contributed by atoms with Crippen LogP contribution in [0.5, 0.6) is 0 Å². The molecule has 1 aliphatic heterocycles.